The van der Waals surface area contributed by atoms with Gasteiger partial charge in [0.05, 0.1) is 5.02 Å². The lowest BCUT2D eigenvalue weighted by Crippen LogP contribution is -2.37. The smallest absolute Gasteiger partial charge is 0.254 e. The van der Waals surface area contributed by atoms with Crippen molar-refractivity contribution in [1.29, 1.82) is 0 Å². The van der Waals surface area contributed by atoms with Crippen molar-refractivity contribution in [2.24, 2.45) is 10.2 Å². The summed E-state index contributed by atoms with van der Waals surface area (Å²) in [5.41, 5.74) is 1.35. The Balaban J connectivity index is 2.04. The summed E-state index contributed by atoms with van der Waals surface area (Å²) in [6.07, 6.45) is 0. The Bertz CT molecular complexity index is 717. The van der Waals surface area contributed by atoms with Gasteiger partial charge >= 0.3 is 0 Å². The number of halogens is 1. The first-order valence-electron chi connectivity index (χ1n) is 7.05. The van der Waals surface area contributed by atoms with Crippen molar-refractivity contribution in [2.45, 2.75) is 19.5 Å². The molecule has 2 rings (SSSR count). The largest absolute Gasteiger partial charge is 0.350 e. The first-order valence-corrected chi connectivity index (χ1v) is 7.43. The highest BCUT2D eigenvalue weighted by Crippen LogP contribution is 2.24. The second-order valence-corrected chi connectivity index (χ2v) is 5.29. The van der Waals surface area contributed by atoms with E-state index < -0.39 is 11.9 Å². The molecule has 2 aromatic rings. The summed E-state index contributed by atoms with van der Waals surface area (Å²) in [5, 5.41) is 10.9. The molecule has 0 aliphatic carbocycles. The molecule has 0 saturated heterocycles. The van der Waals surface area contributed by atoms with Crippen molar-refractivity contribution in [3.63, 3.8) is 0 Å². The van der Waals surface area contributed by atoms with Crippen LogP contribution in [0.1, 0.15) is 12.5 Å². The molecule has 6 heteroatoms. The van der Waals surface area contributed by atoms with E-state index in [0.29, 0.717) is 17.3 Å². The molecule has 1 atom stereocenters. The third-order valence-corrected chi connectivity index (χ3v) is 3.40. The summed E-state index contributed by atoms with van der Waals surface area (Å²) in [4.78, 5) is 23.8. The summed E-state index contributed by atoms with van der Waals surface area (Å²) in [6, 6.07) is 15.1. The highest BCUT2D eigenvalue weighted by Gasteiger charge is 2.22. The quantitative estimate of drug-likeness (QED) is 0.648. The first kappa shape index (κ1) is 16.8. The van der Waals surface area contributed by atoms with Gasteiger partial charge in [0.15, 0.2) is 5.78 Å². The molecule has 0 fully saturated rings. The Morgan fingerprint density at radius 3 is 2.39 bits per heavy atom. The molecule has 0 radical (unpaired) electrons. The summed E-state index contributed by atoms with van der Waals surface area (Å²) in [6.45, 7) is 1.63. The van der Waals surface area contributed by atoms with Gasteiger partial charge in [-0.2, -0.15) is 10.2 Å². The molecule has 0 bridgehead atoms. The monoisotopic (exact) mass is 329 g/mol. The maximum absolute atomic E-state index is 12.1. The van der Waals surface area contributed by atoms with E-state index >= 15 is 0 Å². The number of hydrogen-bond acceptors (Lipinski definition) is 4. The van der Waals surface area contributed by atoms with Crippen LogP contribution in [-0.4, -0.2) is 17.7 Å². The zero-order valence-electron chi connectivity index (χ0n) is 12.6. The molecule has 0 heterocycles. The summed E-state index contributed by atoms with van der Waals surface area (Å²) < 4.78 is 0. The van der Waals surface area contributed by atoms with E-state index in [2.05, 4.69) is 15.5 Å². The van der Waals surface area contributed by atoms with E-state index in [0.717, 1.165) is 5.56 Å². The number of carbonyl (C=O) groups is 2. The van der Waals surface area contributed by atoms with E-state index in [-0.39, 0.29) is 5.78 Å². The van der Waals surface area contributed by atoms with Crippen LogP contribution in [0, 0.1) is 0 Å². The van der Waals surface area contributed by atoms with Gasteiger partial charge in [-0.25, -0.2) is 0 Å². The number of rotatable bonds is 6. The number of Topliss-reactive ketones (excluding diaryl/α,β-unsaturated/α-hetero) is 1. The lowest BCUT2D eigenvalue weighted by Gasteiger charge is -2.09. The van der Waals surface area contributed by atoms with Crippen LogP contribution in [-0.2, 0) is 16.1 Å². The lowest BCUT2D eigenvalue weighted by atomic mass is 10.2. The van der Waals surface area contributed by atoms with Gasteiger partial charge < -0.3 is 5.32 Å². The highest BCUT2D eigenvalue weighted by molar-refractivity contribution is 6.32. The Morgan fingerprint density at radius 1 is 1.09 bits per heavy atom. The maximum Gasteiger partial charge on any atom is 0.254 e. The van der Waals surface area contributed by atoms with Gasteiger partial charge in [0.25, 0.3) is 5.91 Å². The Morgan fingerprint density at radius 2 is 1.74 bits per heavy atom. The number of benzene rings is 2. The molecule has 0 aromatic heterocycles. The normalized spacial score (nSPS) is 12.1. The fourth-order valence-electron chi connectivity index (χ4n) is 1.85. The molecular weight excluding hydrogens is 314 g/mol. The van der Waals surface area contributed by atoms with Crippen LogP contribution in [0.15, 0.2) is 64.8 Å². The molecule has 1 N–H and O–H groups in total. The third kappa shape index (κ3) is 5.00. The van der Waals surface area contributed by atoms with Crippen LogP contribution in [0.4, 0.5) is 5.69 Å². The SMILES string of the molecule is CC(=O)C(N=Nc1ccccc1Cl)C(=O)NCc1ccccc1. The maximum atomic E-state index is 12.1. The molecular formula is C17H16ClN3O2. The van der Waals surface area contributed by atoms with Crippen molar-refractivity contribution in [3.05, 3.63) is 65.2 Å². The van der Waals surface area contributed by atoms with E-state index in [1.165, 1.54) is 6.92 Å². The molecule has 118 valence electrons. The minimum atomic E-state index is -1.19. The summed E-state index contributed by atoms with van der Waals surface area (Å²) in [7, 11) is 0. The molecule has 0 aliphatic rings. The molecule has 5 nitrogen and oxygen atoms in total. The highest BCUT2D eigenvalue weighted by atomic mass is 35.5. The van der Waals surface area contributed by atoms with Gasteiger partial charge in [-0.1, -0.05) is 54.1 Å². The number of carbonyl (C=O) groups excluding carboxylic acids is 2. The number of nitrogens with zero attached hydrogens (tertiary/aromatic N) is 2. The zero-order chi connectivity index (χ0) is 16.7. The average Bonchev–Trinajstić information content (AvgIpc) is 2.55. The fourth-order valence-corrected chi connectivity index (χ4v) is 2.03. The topological polar surface area (TPSA) is 70.9 Å². The van der Waals surface area contributed by atoms with E-state index in [4.69, 9.17) is 11.6 Å². The Labute approximate surface area is 139 Å². The van der Waals surface area contributed by atoms with Crippen molar-refractivity contribution < 1.29 is 9.59 Å². The number of ketones is 1. The van der Waals surface area contributed by atoms with E-state index in [9.17, 15) is 9.59 Å². The van der Waals surface area contributed by atoms with Crippen molar-refractivity contribution in [3.8, 4) is 0 Å². The molecule has 0 saturated carbocycles. The lowest BCUT2D eigenvalue weighted by molar-refractivity contribution is -0.129. The van der Waals surface area contributed by atoms with E-state index in [1.54, 1.807) is 24.3 Å². The number of azo groups is 1. The van der Waals surface area contributed by atoms with Gasteiger partial charge in [-0.3, -0.25) is 9.59 Å². The second kappa shape index (κ2) is 8.19. The van der Waals surface area contributed by atoms with Crippen LogP contribution in [0.5, 0.6) is 0 Å². The number of nitrogens with one attached hydrogen (secondary N) is 1. The van der Waals surface area contributed by atoms with Crippen LogP contribution in [0.25, 0.3) is 0 Å². The molecule has 1 unspecified atom stereocenters. The van der Waals surface area contributed by atoms with Crippen molar-refractivity contribution >= 4 is 29.0 Å². The average molecular weight is 330 g/mol. The standard InChI is InChI=1S/C17H16ClN3O2/c1-12(22)16(21-20-15-10-6-5-9-14(15)18)17(23)19-11-13-7-3-2-4-8-13/h2-10,16H,11H2,1H3,(H,19,23). The van der Waals surface area contributed by atoms with Gasteiger partial charge in [0.2, 0.25) is 6.04 Å². The Kier molecular flexibility index (Phi) is 6.00. The molecule has 0 spiro atoms. The molecule has 1 amide bonds. The van der Waals surface area contributed by atoms with E-state index in [1.807, 2.05) is 30.3 Å². The minimum absolute atomic E-state index is 0.324. The van der Waals surface area contributed by atoms with Gasteiger partial charge in [-0.15, -0.1) is 0 Å². The van der Waals surface area contributed by atoms with Crippen molar-refractivity contribution in [1.82, 2.24) is 5.32 Å². The summed E-state index contributed by atoms with van der Waals surface area (Å²) >= 11 is 5.97. The Hall–Kier alpha value is -2.53. The predicted octanol–water partition coefficient (Wildman–Crippen LogP) is 3.70. The molecule has 2 aromatic carbocycles. The molecule has 23 heavy (non-hydrogen) atoms. The van der Waals surface area contributed by atoms with Crippen LogP contribution in [0.3, 0.4) is 0 Å². The van der Waals surface area contributed by atoms with Gasteiger partial charge in [0.1, 0.15) is 5.69 Å². The van der Waals surface area contributed by atoms with Gasteiger partial charge in [0, 0.05) is 6.54 Å². The van der Waals surface area contributed by atoms with Crippen molar-refractivity contribution in [2.75, 3.05) is 0 Å². The van der Waals surface area contributed by atoms with Crippen LogP contribution in [0.2, 0.25) is 5.02 Å². The van der Waals surface area contributed by atoms with Crippen LogP contribution >= 0.6 is 11.6 Å². The predicted molar refractivity (Wildman–Crippen MR) is 88.7 cm³/mol. The second-order valence-electron chi connectivity index (χ2n) is 4.88. The van der Waals surface area contributed by atoms with Crippen LogP contribution < -0.4 is 5.32 Å². The summed E-state index contributed by atoms with van der Waals surface area (Å²) in [5.74, 6) is -0.872. The molecule has 0 aliphatic heterocycles. The first-order chi connectivity index (χ1) is 11.1. The zero-order valence-corrected chi connectivity index (χ0v) is 13.3. The number of amides is 1. The number of hydrogen-bond donors (Lipinski definition) is 1. The van der Waals surface area contributed by atoms with Gasteiger partial charge in [-0.05, 0) is 24.6 Å². The third-order valence-electron chi connectivity index (χ3n) is 3.08. The minimum Gasteiger partial charge on any atom is -0.350 e. The fraction of sp³-hybridized carbons (Fsp3) is 0.176.